The van der Waals surface area contributed by atoms with Crippen LogP contribution in [0.4, 0.5) is 8.78 Å². The van der Waals surface area contributed by atoms with Gasteiger partial charge in [0.15, 0.2) is 11.6 Å². The summed E-state index contributed by atoms with van der Waals surface area (Å²) in [5, 5.41) is 3.31. The lowest BCUT2D eigenvalue weighted by Gasteiger charge is -2.43. The molecule has 1 saturated carbocycles. The van der Waals surface area contributed by atoms with E-state index in [1.165, 1.54) is 12.1 Å². The first-order chi connectivity index (χ1) is 14.5. The molecule has 1 aliphatic carbocycles. The number of carbonyl (C=O) groups is 1. The Kier molecular flexibility index (Phi) is 4.82. The van der Waals surface area contributed by atoms with Crippen molar-refractivity contribution in [3.8, 4) is 0 Å². The molecule has 2 aliphatic heterocycles. The Hall–Kier alpha value is -2.38. The summed E-state index contributed by atoms with van der Waals surface area (Å²) < 4.78 is 34.1. The van der Waals surface area contributed by atoms with Gasteiger partial charge in [-0.2, -0.15) is 0 Å². The summed E-state index contributed by atoms with van der Waals surface area (Å²) in [6.45, 7) is 3.75. The van der Waals surface area contributed by atoms with Crippen LogP contribution < -0.4 is 5.32 Å². The number of amides is 1. The number of fused-ring (bicyclic) bond motifs is 2. The van der Waals surface area contributed by atoms with E-state index in [9.17, 15) is 13.6 Å². The van der Waals surface area contributed by atoms with Gasteiger partial charge in [-0.3, -0.25) is 9.78 Å². The standard InChI is InChI=1S/C23H25F2N3O2/c1-14-15(3-2-7-27-14)12-28(17-4-5-17)22(29)19-11-26-8-6-23(19)18-10-21(25)20(24)9-16(18)13-30-23/h2-3,7,9-10,17,19,26H,4-6,8,11-13H2,1H3. The molecule has 2 atom stereocenters. The molecule has 1 amide bonds. The molecular formula is C23H25F2N3O2. The predicted molar refractivity (Wildman–Crippen MR) is 106 cm³/mol. The van der Waals surface area contributed by atoms with Crippen molar-refractivity contribution in [2.75, 3.05) is 13.1 Å². The number of halogens is 2. The number of aromatic nitrogens is 1. The normalized spacial score (nSPS) is 25.4. The smallest absolute Gasteiger partial charge is 0.230 e. The zero-order valence-electron chi connectivity index (χ0n) is 17.0. The van der Waals surface area contributed by atoms with Crippen LogP contribution in [0, 0.1) is 24.5 Å². The number of ether oxygens (including phenoxy) is 1. The molecule has 1 N–H and O–H groups in total. The zero-order chi connectivity index (χ0) is 20.9. The van der Waals surface area contributed by atoms with Crippen LogP contribution in [0.15, 0.2) is 30.5 Å². The van der Waals surface area contributed by atoms with Crippen molar-refractivity contribution in [2.24, 2.45) is 5.92 Å². The molecule has 0 bridgehead atoms. The van der Waals surface area contributed by atoms with E-state index in [0.717, 1.165) is 24.1 Å². The Bertz CT molecular complexity index is 994. The maximum atomic E-state index is 14.1. The molecule has 7 heteroatoms. The van der Waals surface area contributed by atoms with Crippen molar-refractivity contribution in [3.63, 3.8) is 0 Å². The first-order valence-corrected chi connectivity index (χ1v) is 10.5. The molecule has 1 saturated heterocycles. The summed E-state index contributed by atoms with van der Waals surface area (Å²) in [5.74, 6) is -2.26. The third-order valence-corrected chi connectivity index (χ3v) is 6.70. The van der Waals surface area contributed by atoms with Gasteiger partial charge in [-0.05, 0) is 67.6 Å². The topological polar surface area (TPSA) is 54.5 Å². The first-order valence-electron chi connectivity index (χ1n) is 10.5. The Morgan fingerprint density at radius 1 is 1.33 bits per heavy atom. The van der Waals surface area contributed by atoms with Crippen molar-refractivity contribution in [2.45, 2.75) is 51.0 Å². The minimum atomic E-state index is -0.913. The van der Waals surface area contributed by atoms with E-state index in [4.69, 9.17) is 4.74 Å². The molecule has 1 spiro atoms. The van der Waals surface area contributed by atoms with E-state index in [-0.39, 0.29) is 18.6 Å². The van der Waals surface area contributed by atoms with Crippen LogP contribution in [0.1, 0.15) is 41.6 Å². The summed E-state index contributed by atoms with van der Waals surface area (Å²) in [6.07, 6.45) is 4.26. The number of pyridine rings is 1. The van der Waals surface area contributed by atoms with Crippen LogP contribution in [-0.2, 0) is 28.3 Å². The Morgan fingerprint density at radius 3 is 2.90 bits per heavy atom. The minimum Gasteiger partial charge on any atom is -0.365 e. The second-order valence-electron chi connectivity index (χ2n) is 8.55. The SMILES string of the molecule is Cc1ncccc1CN(C(=O)C1CNCCC12OCc1cc(F)c(F)cc12)C1CC1. The number of nitrogens with zero attached hydrogens (tertiary/aromatic N) is 2. The molecule has 1 aromatic heterocycles. The zero-order valence-corrected chi connectivity index (χ0v) is 17.0. The van der Waals surface area contributed by atoms with E-state index in [0.29, 0.717) is 37.2 Å². The van der Waals surface area contributed by atoms with E-state index >= 15 is 0 Å². The monoisotopic (exact) mass is 413 g/mol. The fraction of sp³-hybridized carbons (Fsp3) is 0.478. The molecule has 3 heterocycles. The van der Waals surface area contributed by atoms with Crippen molar-refractivity contribution >= 4 is 5.91 Å². The molecule has 3 aliphatic rings. The quantitative estimate of drug-likeness (QED) is 0.837. The molecule has 158 valence electrons. The minimum absolute atomic E-state index is 0.00513. The highest BCUT2D eigenvalue weighted by molar-refractivity contribution is 5.82. The van der Waals surface area contributed by atoms with Gasteiger partial charge in [0.05, 0.1) is 12.5 Å². The van der Waals surface area contributed by atoms with Crippen molar-refractivity contribution in [3.05, 3.63) is 64.5 Å². The van der Waals surface area contributed by atoms with Crippen molar-refractivity contribution < 1.29 is 18.3 Å². The lowest BCUT2D eigenvalue weighted by Crippen LogP contribution is -2.55. The highest BCUT2D eigenvalue weighted by Gasteiger charge is 2.53. The van der Waals surface area contributed by atoms with Crippen LogP contribution in [0.5, 0.6) is 0 Å². The summed E-state index contributed by atoms with van der Waals surface area (Å²) in [4.78, 5) is 20.1. The van der Waals surface area contributed by atoms with Gasteiger partial charge in [0.1, 0.15) is 5.60 Å². The second-order valence-corrected chi connectivity index (χ2v) is 8.55. The van der Waals surface area contributed by atoms with E-state index < -0.39 is 23.2 Å². The van der Waals surface area contributed by atoms with Gasteiger partial charge in [-0.15, -0.1) is 0 Å². The average molecular weight is 413 g/mol. The molecule has 2 fully saturated rings. The van der Waals surface area contributed by atoms with Crippen LogP contribution in [-0.4, -0.2) is 34.9 Å². The highest BCUT2D eigenvalue weighted by Crippen LogP contribution is 2.48. The fourth-order valence-corrected chi connectivity index (χ4v) is 4.87. The number of nitrogens with one attached hydrogen (secondary N) is 1. The molecule has 30 heavy (non-hydrogen) atoms. The largest absolute Gasteiger partial charge is 0.365 e. The number of carbonyl (C=O) groups excluding carboxylic acids is 1. The number of rotatable bonds is 4. The van der Waals surface area contributed by atoms with Crippen LogP contribution in [0.25, 0.3) is 0 Å². The van der Waals surface area contributed by atoms with Gasteiger partial charge in [0, 0.05) is 31.0 Å². The average Bonchev–Trinajstić information content (AvgIpc) is 3.53. The third kappa shape index (κ3) is 3.20. The lowest BCUT2D eigenvalue weighted by molar-refractivity contribution is -0.157. The van der Waals surface area contributed by atoms with Gasteiger partial charge in [0.25, 0.3) is 0 Å². The van der Waals surface area contributed by atoms with E-state index in [1.54, 1.807) is 6.20 Å². The molecular weight excluding hydrogens is 388 g/mol. The number of hydrogen-bond donors (Lipinski definition) is 1. The van der Waals surface area contributed by atoms with Gasteiger partial charge in [0.2, 0.25) is 5.91 Å². The maximum Gasteiger partial charge on any atom is 0.230 e. The predicted octanol–water partition coefficient (Wildman–Crippen LogP) is 3.19. The summed E-state index contributed by atoms with van der Waals surface area (Å²) >= 11 is 0. The van der Waals surface area contributed by atoms with Crippen molar-refractivity contribution in [1.82, 2.24) is 15.2 Å². The Balaban J connectivity index is 1.50. The highest BCUT2D eigenvalue weighted by atomic mass is 19.2. The van der Waals surface area contributed by atoms with Gasteiger partial charge >= 0.3 is 0 Å². The van der Waals surface area contributed by atoms with E-state index in [2.05, 4.69) is 10.3 Å². The van der Waals surface area contributed by atoms with Crippen LogP contribution >= 0.6 is 0 Å². The molecule has 2 unspecified atom stereocenters. The summed E-state index contributed by atoms with van der Waals surface area (Å²) in [7, 11) is 0. The number of piperidine rings is 1. The van der Waals surface area contributed by atoms with Crippen molar-refractivity contribution in [1.29, 1.82) is 0 Å². The number of hydrogen-bond acceptors (Lipinski definition) is 4. The van der Waals surface area contributed by atoms with Crippen LogP contribution in [0.2, 0.25) is 0 Å². The second kappa shape index (κ2) is 7.39. The van der Waals surface area contributed by atoms with Gasteiger partial charge < -0.3 is 15.0 Å². The number of aryl methyl sites for hydroxylation is 1. The maximum absolute atomic E-state index is 14.1. The Morgan fingerprint density at radius 2 is 2.13 bits per heavy atom. The summed E-state index contributed by atoms with van der Waals surface area (Å²) in [5.41, 5.74) is 2.27. The Labute approximate surface area is 174 Å². The molecule has 0 radical (unpaired) electrons. The van der Waals surface area contributed by atoms with Gasteiger partial charge in [-0.1, -0.05) is 6.07 Å². The van der Waals surface area contributed by atoms with Gasteiger partial charge in [-0.25, -0.2) is 8.78 Å². The molecule has 5 nitrogen and oxygen atoms in total. The summed E-state index contributed by atoms with van der Waals surface area (Å²) in [6, 6.07) is 6.53. The third-order valence-electron chi connectivity index (χ3n) is 6.70. The first kappa shape index (κ1) is 19.6. The van der Waals surface area contributed by atoms with Crippen LogP contribution in [0.3, 0.4) is 0 Å². The molecule has 1 aromatic carbocycles. The molecule has 5 rings (SSSR count). The lowest BCUT2D eigenvalue weighted by atomic mass is 9.75. The molecule has 2 aromatic rings. The van der Waals surface area contributed by atoms with E-state index in [1.807, 2.05) is 24.0 Å². The fourth-order valence-electron chi connectivity index (χ4n) is 4.87. The number of benzene rings is 1.